The molecule has 0 spiro atoms. The number of aromatic nitrogens is 3. The number of rotatable bonds is 6. The Kier molecular flexibility index (Phi) is 4.90. The molecule has 4 rings (SSSR count). The van der Waals surface area contributed by atoms with E-state index in [1.165, 1.54) is 18.2 Å². The lowest BCUT2D eigenvalue weighted by molar-refractivity contribution is 0.0953. The Morgan fingerprint density at radius 3 is 2.68 bits per heavy atom. The van der Waals surface area contributed by atoms with E-state index in [-0.39, 0.29) is 17.3 Å². The number of carbonyl (C=O) groups excluding carboxylic acids is 1. The van der Waals surface area contributed by atoms with Crippen molar-refractivity contribution >= 4 is 5.91 Å². The second-order valence-electron chi connectivity index (χ2n) is 7.05. The molecule has 1 aromatic heterocycles. The smallest absolute Gasteiger partial charge is 0.251 e. The highest BCUT2D eigenvalue weighted by molar-refractivity contribution is 5.94. The van der Waals surface area contributed by atoms with E-state index in [1.807, 2.05) is 4.57 Å². The molecule has 1 saturated carbocycles. The first-order valence-corrected chi connectivity index (χ1v) is 9.25. The number of aryl methyl sites for hydroxylation is 1. The van der Waals surface area contributed by atoms with E-state index in [0.29, 0.717) is 35.7 Å². The minimum absolute atomic E-state index is 0.240. The van der Waals surface area contributed by atoms with Gasteiger partial charge in [0.2, 0.25) is 0 Å². The van der Waals surface area contributed by atoms with E-state index in [4.69, 9.17) is 0 Å². The van der Waals surface area contributed by atoms with Crippen molar-refractivity contribution < 1.29 is 13.6 Å². The van der Waals surface area contributed by atoms with Crippen LogP contribution in [0.1, 0.15) is 40.6 Å². The van der Waals surface area contributed by atoms with Gasteiger partial charge in [0.05, 0.1) is 0 Å². The van der Waals surface area contributed by atoms with E-state index >= 15 is 0 Å². The molecule has 1 fully saturated rings. The third-order valence-electron chi connectivity index (χ3n) is 4.93. The van der Waals surface area contributed by atoms with Crippen molar-refractivity contribution in [3.05, 3.63) is 71.3 Å². The SMILES string of the molecule is Cc1cc(F)ccc1-c1ccc(C(=O)NCCc2nncn2C2CC2)cc1F. The van der Waals surface area contributed by atoms with Crippen LogP contribution in [0, 0.1) is 18.6 Å². The minimum atomic E-state index is -0.518. The van der Waals surface area contributed by atoms with E-state index in [0.717, 1.165) is 18.7 Å². The number of nitrogens with one attached hydrogen (secondary N) is 1. The minimum Gasteiger partial charge on any atom is -0.352 e. The van der Waals surface area contributed by atoms with Gasteiger partial charge in [0.25, 0.3) is 5.91 Å². The molecule has 0 saturated heterocycles. The summed E-state index contributed by atoms with van der Waals surface area (Å²) in [6.45, 7) is 2.11. The molecule has 5 nitrogen and oxygen atoms in total. The number of carbonyl (C=O) groups is 1. The number of hydrogen-bond donors (Lipinski definition) is 1. The summed E-state index contributed by atoms with van der Waals surface area (Å²) in [7, 11) is 0. The van der Waals surface area contributed by atoms with Crippen LogP contribution in [-0.2, 0) is 6.42 Å². The molecule has 7 heteroatoms. The number of halogens is 2. The van der Waals surface area contributed by atoms with Gasteiger partial charge >= 0.3 is 0 Å². The number of benzene rings is 2. The van der Waals surface area contributed by atoms with Crippen LogP contribution in [0.2, 0.25) is 0 Å². The lowest BCUT2D eigenvalue weighted by Gasteiger charge is -2.10. The summed E-state index contributed by atoms with van der Waals surface area (Å²) in [5, 5.41) is 10.8. The number of hydrogen-bond acceptors (Lipinski definition) is 3. The Morgan fingerprint density at radius 2 is 1.96 bits per heavy atom. The first-order chi connectivity index (χ1) is 13.5. The van der Waals surface area contributed by atoms with Crippen molar-refractivity contribution in [2.75, 3.05) is 6.54 Å². The highest BCUT2D eigenvalue weighted by atomic mass is 19.1. The molecule has 0 atom stereocenters. The molecule has 1 amide bonds. The van der Waals surface area contributed by atoms with Gasteiger partial charge in [-0.2, -0.15) is 0 Å². The van der Waals surface area contributed by atoms with E-state index in [1.54, 1.807) is 31.5 Å². The summed E-state index contributed by atoms with van der Waals surface area (Å²) in [4.78, 5) is 12.3. The molecule has 3 aromatic rings. The predicted octanol–water partition coefficient (Wildman–Crippen LogP) is 3.84. The Bertz CT molecular complexity index is 1030. The van der Waals surface area contributed by atoms with Crippen LogP contribution in [0.4, 0.5) is 8.78 Å². The standard InChI is InChI=1S/C21H20F2N4O/c1-13-10-15(22)3-7-17(13)18-6-2-14(11-19(18)23)21(28)24-9-8-20-26-25-12-27(20)16-4-5-16/h2-3,6-7,10-12,16H,4-5,8-9H2,1H3,(H,24,28). The van der Waals surface area contributed by atoms with Crippen molar-refractivity contribution in [3.63, 3.8) is 0 Å². The summed E-state index contributed by atoms with van der Waals surface area (Å²) >= 11 is 0. The molecule has 2 aromatic carbocycles. The summed E-state index contributed by atoms with van der Waals surface area (Å²) in [5.41, 5.74) is 1.82. The normalized spacial score (nSPS) is 13.5. The van der Waals surface area contributed by atoms with Gasteiger partial charge in [-0.15, -0.1) is 10.2 Å². The van der Waals surface area contributed by atoms with Gasteiger partial charge in [-0.25, -0.2) is 8.78 Å². The van der Waals surface area contributed by atoms with Gasteiger partial charge in [0.15, 0.2) is 0 Å². The summed E-state index contributed by atoms with van der Waals surface area (Å²) in [5.74, 6) is -0.388. The Morgan fingerprint density at radius 1 is 1.18 bits per heavy atom. The van der Waals surface area contributed by atoms with Crippen molar-refractivity contribution in [3.8, 4) is 11.1 Å². The van der Waals surface area contributed by atoms with E-state index in [9.17, 15) is 13.6 Å². The van der Waals surface area contributed by atoms with Gasteiger partial charge in [-0.1, -0.05) is 12.1 Å². The van der Waals surface area contributed by atoms with Crippen LogP contribution in [0.3, 0.4) is 0 Å². The second-order valence-corrected chi connectivity index (χ2v) is 7.05. The summed E-state index contributed by atoms with van der Waals surface area (Å²) < 4.78 is 29.9. The third-order valence-corrected chi connectivity index (χ3v) is 4.93. The average Bonchev–Trinajstić information content (AvgIpc) is 3.41. The lowest BCUT2D eigenvalue weighted by Crippen LogP contribution is -2.26. The fourth-order valence-corrected chi connectivity index (χ4v) is 3.30. The van der Waals surface area contributed by atoms with Crippen molar-refractivity contribution in [2.45, 2.75) is 32.2 Å². The Labute approximate surface area is 161 Å². The maximum Gasteiger partial charge on any atom is 0.251 e. The molecule has 0 unspecified atom stereocenters. The Hall–Kier alpha value is -3.09. The molecule has 0 bridgehead atoms. The molecule has 1 N–H and O–H groups in total. The van der Waals surface area contributed by atoms with Crippen molar-refractivity contribution in [2.24, 2.45) is 0 Å². The summed E-state index contributed by atoms with van der Waals surface area (Å²) in [6, 6.07) is 9.01. The van der Waals surface area contributed by atoms with Crippen molar-refractivity contribution in [1.29, 1.82) is 0 Å². The van der Waals surface area contributed by atoms with Crippen molar-refractivity contribution in [1.82, 2.24) is 20.1 Å². The lowest BCUT2D eigenvalue weighted by atomic mass is 9.98. The predicted molar refractivity (Wildman–Crippen MR) is 101 cm³/mol. The Balaban J connectivity index is 1.42. The maximum absolute atomic E-state index is 14.6. The molecule has 1 aliphatic rings. The second kappa shape index (κ2) is 7.50. The maximum atomic E-state index is 14.6. The molecule has 1 aliphatic carbocycles. The zero-order chi connectivity index (χ0) is 19.7. The van der Waals surface area contributed by atoms with E-state index in [2.05, 4.69) is 15.5 Å². The zero-order valence-electron chi connectivity index (χ0n) is 15.5. The van der Waals surface area contributed by atoms with Crippen LogP contribution in [0.25, 0.3) is 11.1 Å². The van der Waals surface area contributed by atoms with Gasteiger partial charge < -0.3 is 9.88 Å². The van der Waals surface area contributed by atoms with Crippen LogP contribution in [-0.4, -0.2) is 27.2 Å². The zero-order valence-corrected chi connectivity index (χ0v) is 15.5. The molecule has 0 radical (unpaired) electrons. The molecular weight excluding hydrogens is 362 g/mol. The summed E-state index contributed by atoms with van der Waals surface area (Å²) in [6.07, 6.45) is 4.56. The van der Waals surface area contributed by atoms with E-state index < -0.39 is 5.82 Å². The fraction of sp³-hybridized carbons (Fsp3) is 0.286. The number of amides is 1. The molecular formula is C21H20F2N4O. The van der Waals surface area contributed by atoms with Crippen LogP contribution < -0.4 is 5.32 Å². The van der Waals surface area contributed by atoms with Crippen LogP contribution >= 0.6 is 0 Å². The third kappa shape index (κ3) is 3.78. The van der Waals surface area contributed by atoms with Crippen LogP contribution in [0.5, 0.6) is 0 Å². The molecule has 0 aliphatic heterocycles. The quantitative estimate of drug-likeness (QED) is 0.705. The van der Waals surface area contributed by atoms with Crippen LogP contribution in [0.15, 0.2) is 42.7 Å². The molecule has 28 heavy (non-hydrogen) atoms. The molecule has 144 valence electrons. The van der Waals surface area contributed by atoms with Gasteiger partial charge in [0.1, 0.15) is 23.8 Å². The topological polar surface area (TPSA) is 59.8 Å². The van der Waals surface area contributed by atoms with Gasteiger partial charge in [-0.05, 0) is 55.2 Å². The largest absolute Gasteiger partial charge is 0.352 e. The monoisotopic (exact) mass is 382 g/mol. The van der Waals surface area contributed by atoms with Gasteiger partial charge in [-0.3, -0.25) is 4.79 Å². The van der Waals surface area contributed by atoms with Gasteiger partial charge in [0, 0.05) is 30.1 Å². The highest BCUT2D eigenvalue weighted by Gasteiger charge is 2.25. The first-order valence-electron chi connectivity index (χ1n) is 9.25. The first kappa shape index (κ1) is 18.3. The highest BCUT2D eigenvalue weighted by Crippen LogP contribution is 2.35. The average molecular weight is 382 g/mol. The molecule has 1 heterocycles. The fourth-order valence-electron chi connectivity index (χ4n) is 3.30. The number of nitrogens with zero attached hydrogens (tertiary/aromatic N) is 3.